The molecule has 4 heterocycles. The molecule has 0 radical (unpaired) electrons. The fourth-order valence-corrected chi connectivity index (χ4v) is 5.16. The Morgan fingerprint density at radius 2 is 1.90 bits per heavy atom. The lowest BCUT2D eigenvalue weighted by molar-refractivity contribution is 0.0901. The van der Waals surface area contributed by atoms with Gasteiger partial charge in [-0.05, 0) is 48.1 Å². The van der Waals surface area contributed by atoms with E-state index in [1.807, 2.05) is 67.2 Å². The predicted molar refractivity (Wildman–Crippen MR) is 151 cm³/mol. The normalized spacial score (nSPS) is 12.1. The lowest BCUT2D eigenvalue weighted by Crippen LogP contribution is -2.39. The molecule has 1 atom stereocenters. The molecule has 0 unspecified atom stereocenters. The Kier molecular flexibility index (Phi) is 7.85. The van der Waals surface area contributed by atoms with Gasteiger partial charge < -0.3 is 15.7 Å². The van der Waals surface area contributed by atoms with Gasteiger partial charge in [-0.2, -0.15) is 16.4 Å². The van der Waals surface area contributed by atoms with E-state index in [1.54, 1.807) is 33.6 Å². The number of carbonyl (C=O) groups is 2. The number of aliphatic hydroxyl groups excluding tert-OH is 1. The van der Waals surface area contributed by atoms with Crippen molar-refractivity contribution in [1.82, 2.24) is 29.8 Å². The minimum atomic E-state index is -0.387. The van der Waals surface area contributed by atoms with Crippen molar-refractivity contribution in [3.8, 4) is 16.9 Å². The van der Waals surface area contributed by atoms with Crippen molar-refractivity contribution in [2.75, 3.05) is 6.61 Å². The van der Waals surface area contributed by atoms with E-state index in [0.717, 1.165) is 16.8 Å². The van der Waals surface area contributed by atoms with Gasteiger partial charge in [0.15, 0.2) is 5.65 Å². The topological polar surface area (TPSA) is 114 Å². The van der Waals surface area contributed by atoms with Gasteiger partial charge in [0.1, 0.15) is 11.4 Å². The van der Waals surface area contributed by atoms with Crippen molar-refractivity contribution < 1.29 is 14.7 Å². The van der Waals surface area contributed by atoms with Gasteiger partial charge in [-0.15, -0.1) is 0 Å². The Morgan fingerprint density at radius 1 is 1.08 bits per heavy atom. The van der Waals surface area contributed by atoms with E-state index in [4.69, 9.17) is 4.98 Å². The van der Waals surface area contributed by atoms with Crippen LogP contribution in [0.2, 0.25) is 0 Å². The molecule has 0 aliphatic carbocycles. The Morgan fingerprint density at radius 3 is 2.62 bits per heavy atom. The molecule has 10 heteroatoms. The first-order valence-corrected chi connectivity index (χ1v) is 13.7. The van der Waals surface area contributed by atoms with Crippen LogP contribution in [0.25, 0.3) is 22.6 Å². The summed E-state index contributed by atoms with van der Waals surface area (Å²) < 4.78 is 3.41. The molecule has 9 nitrogen and oxygen atoms in total. The van der Waals surface area contributed by atoms with Crippen molar-refractivity contribution in [2.45, 2.75) is 32.9 Å². The maximum Gasteiger partial charge on any atom is 0.270 e. The monoisotopic (exact) mass is 542 g/mol. The molecule has 0 saturated carbocycles. The summed E-state index contributed by atoms with van der Waals surface area (Å²) in [4.78, 5) is 31.6. The SMILES string of the molecule is CC(C)C[C@@H](CO)NC(=O)c1c(-c2ccsc2)nc2c(C(=O)NCc3cnn(-c4ccccc4)c3)cccn12. The molecule has 2 amide bonds. The maximum absolute atomic E-state index is 13.5. The van der Waals surface area contributed by atoms with Crippen LogP contribution in [0.4, 0.5) is 0 Å². The van der Waals surface area contributed by atoms with Crippen LogP contribution in [0.15, 0.2) is 77.9 Å². The third-order valence-electron chi connectivity index (χ3n) is 6.33. The summed E-state index contributed by atoms with van der Waals surface area (Å²) in [5.41, 5.74) is 4.11. The van der Waals surface area contributed by atoms with Crippen LogP contribution in [0.3, 0.4) is 0 Å². The molecule has 5 rings (SSSR count). The van der Waals surface area contributed by atoms with E-state index < -0.39 is 0 Å². The third kappa shape index (κ3) is 5.76. The number of fused-ring (bicyclic) bond motifs is 1. The number of rotatable bonds is 10. The van der Waals surface area contributed by atoms with Crippen LogP contribution in [-0.4, -0.2) is 48.7 Å². The Hall–Kier alpha value is -4.28. The Bertz CT molecular complexity index is 1570. The second-order valence-electron chi connectivity index (χ2n) is 9.73. The number of hydrogen-bond acceptors (Lipinski definition) is 6. The maximum atomic E-state index is 13.5. The fraction of sp³-hybridized carbons (Fsp3) is 0.241. The summed E-state index contributed by atoms with van der Waals surface area (Å²) in [7, 11) is 0. The number of amides is 2. The molecule has 0 bridgehead atoms. The van der Waals surface area contributed by atoms with E-state index in [0.29, 0.717) is 34.9 Å². The molecule has 0 fully saturated rings. The average Bonchev–Trinajstić information content (AvgIpc) is 3.71. The molecule has 39 heavy (non-hydrogen) atoms. The number of thiophene rings is 1. The van der Waals surface area contributed by atoms with Gasteiger partial charge in [-0.3, -0.25) is 14.0 Å². The number of aliphatic hydroxyl groups is 1. The van der Waals surface area contributed by atoms with Gasteiger partial charge >= 0.3 is 0 Å². The third-order valence-corrected chi connectivity index (χ3v) is 7.01. The summed E-state index contributed by atoms with van der Waals surface area (Å²) in [6.07, 6.45) is 5.96. The summed E-state index contributed by atoms with van der Waals surface area (Å²) in [6, 6.07) is 14.7. The lowest BCUT2D eigenvalue weighted by atomic mass is 10.0. The number of hydrogen-bond donors (Lipinski definition) is 3. The quantitative estimate of drug-likeness (QED) is 0.243. The number of nitrogens with one attached hydrogen (secondary N) is 2. The highest BCUT2D eigenvalue weighted by Crippen LogP contribution is 2.28. The van der Waals surface area contributed by atoms with Crippen LogP contribution >= 0.6 is 11.3 Å². The van der Waals surface area contributed by atoms with E-state index in [-0.39, 0.29) is 31.0 Å². The molecular formula is C29H30N6O3S. The van der Waals surface area contributed by atoms with Gasteiger partial charge in [0.25, 0.3) is 11.8 Å². The minimum absolute atomic E-state index is 0.164. The number of pyridine rings is 1. The lowest BCUT2D eigenvalue weighted by Gasteiger charge is -2.18. The summed E-state index contributed by atoms with van der Waals surface area (Å²) in [6.45, 7) is 4.20. The summed E-state index contributed by atoms with van der Waals surface area (Å²) in [5.74, 6) is -0.361. The molecule has 0 aliphatic rings. The number of benzene rings is 1. The molecule has 0 saturated heterocycles. The first kappa shape index (κ1) is 26.3. The number of para-hydroxylation sites is 1. The molecule has 200 valence electrons. The molecule has 1 aromatic carbocycles. The molecule has 3 N–H and O–H groups in total. The van der Waals surface area contributed by atoms with E-state index >= 15 is 0 Å². The molecular weight excluding hydrogens is 512 g/mol. The van der Waals surface area contributed by atoms with Crippen LogP contribution in [-0.2, 0) is 6.54 Å². The second-order valence-corrected chi connectivity index (χ2v) is 10.5. The average molecular weight is 543 g/mol. The standard InChI is InChI=1S/C29H30N6O3S/c1-19(2)13-22(17-36)32-29(38)26-25(21-10-12-39-18-21)33-27-24(9-6-11-34(26)27)28(37)30-14-20-15-31-35(16-20)23-7-4-3-5-8-23/h3-12,15-16,18-19,22,36H,13-14,17H2,1-2H3,(H,30,37)(H,32,38)/t22-/m0/s1. The molecule has 4 aromatic heterocycles. The second kappa shape index (κ2) is 11.6. The van der Waals surface area contributed by atoms with Crippen molar-refractivity contribution in [2.24, 2.45) is 5.92 Å². The van der Waals surface area contributed by atoms with Crippen LogP contribution in [0, 0.1) is 5.92 Å². The van der Waals surface area contributed by atoms with Gasteiger partial charge in [-0.1, -0.05) is 32.0 Å². The summed E-state index contributed by atoms with van der Waals surface area (Å²) >= 11 is 1.50. The van der Waals surface area contributed by atoms with Gasteiger partial charge in [0.05, 0.1) is 30.1 Å². The van der Waals surface area contributed by atoms with E-state index in [9.17, 15) is 14.7 Å². The molecule has 5 aromatic rings. The van der Waals surface area contributed by atoms with E-state index in [2.05, 4.69) is 15.7 Å². The van der Waals surface area contributed by atoms with Crippen LogP contribution in [0.5, 0.6) is 0 Å². The zero-order chi connectivity index (χ0) is 27.4. The van der Waals surface area contributed by atoms with Gasteiger partial charge in [0.2, 0.25) is 0 Å². The number of nitrogens with zero attached hydrogens (tertiary/aromatic N) is 4. The van der Waals surface area contributed by atoms with Crippen molar-refractivity contribution in [3.63, 3.8) is 0 Å². The fourth-order valence-electron chi connectivity index (χ4n) is 4.52. The van der Waals surface area contributed by atoms with Crippen LogP contribution < -0.4 is 10.6 Å². The molecule has 0 aliphatic heterocycles. The molecule has 0 spiro atoms. The van der Waals surface area contributed by atoms with Crippen molar-refractivity contribution in [3.05, 3.63) is 94.7 Å². The summed E-state index contributed by atoms with van der Waals surface area (Å²) in [5, 5.41) is 23.9. The zero-order valence-electron chi connectivity index (χ0n) is 21.7. The number of carbonyl (C=O) groups excluding carboxylic acids is 2. The van der Waals surface area contributed by atoms with Gasteiger partial charge in [0, 0.05) is 35.4 Å². The Balaban J connectivity index is 1.43. The highest BCUT2D eigenvalue weighted by Gasteiger charge is 2.25. The van der Waals surface area contributed by atoms with Crippen molar-refractivity contribution >= 4 is 28.8 Å². The highest BCUT2D eigenvalue weighted by molar-refractivity contribution is 7.08. The number of imidazole rings is 1. The predicted octanol–water partition coefficient (Wildman–Crippen LogP) is 4.32. The Labute approximate surface area is 230 Å². The van der Waals surface area contributed by atoms with Crippen LogP contribution in [0.1, 0.15) is 46.7 Å². The van der Waals surface area contributed by atoms with E-state index in [1.165, 1.54) is 11.3 Å². The highest BCUT2D eigenvalue weighted by atomic mass is 32.1. The van der Waals surface area contributed by atoms with Gasteiger partial charge in [-0.25, -0.2) is 9.67 Å². The largest absolute Gasteiger partial charge is 0.394 e. The zero-order valence-corrected chi connectivity index (χ0v) is 22.6. The minimum Gasteiger partial charge on any atom is -0.394 e. The first-order chi connectivity index (χ1) is 18.9. The smallest absolute Gasteiger partial charge is 0.270 e. The van der Waals surface area contributed by atoms with Crippen molar-refractivity contribution in [1.29, 1.82) is 0 Å². The first-order valence-electron chi connectivity index (χ1n) is 12.8. The number of aromatic nitrogens is 4.